The molecule has 0 spiro atoms. The zero-order valence-electron chi connectivity index (χ0n) is 19.1. The van der Waals surface area contributed by atoms with Gasteiger partial charge in [-0.15, -0.1) is 0 Å². The Morgan fingerprint density at radius 2 is 0.765 bits per heavy atom. The van der Waals surface area contributed by atoms with Crippen molar-refractivity contribution in [2.75, 3.05) is 0 Å². The van der Waals surface area contributed by atoms with E-state index in [1.54, 1.807) is 0 Å². The Labute approximate surface area is 201 Å². The quantitative estimate of drug-likeness (QED) is 0.183. The number of oxime groups is 2. The molecular formula is C30H28N2O2. The Morgan fingerprint density at radius 3 is 1.12 bits per heavy atom. The van der Waals surface area contributed by atoms with Crippen molar-refractivity contribution in [1.29, 1.82) is 0 Å². The first-order valence-electron chi connectivity index (χ1n) is 11.4. The number of nitrogens with zero attached hydrogens (tertiary/aromatic N) is 2. The third-order valence-corrected chi connectivity index (χ3v) is 5.31. The highest BCUT2D eigenvalue weighted by atomic mass is 16.6. The first-order chi connectivity index (χ1) is 16.9. The van der Waals surface area contributed by atoms with Gasteiger partial charge in [-0.1, -0.05) is 132 Å². The van der Waals surface area contributed by atoms with Gasteiger partial charge in [0.25, 0.3) is 0 Å². The molecule has 0 aliphatic carbocycles. The molecule has 4 aromatic carbocycles. The van der Waals surface area contributed by atoms with Crippen LogP contribution < -0.4 is 0 Å². The van der Waals surface area contributed by atoms with Crippen LogP contribution in [0.25, 0.3) is 0 Å². The maximum atomic E-state index is 5.73. The molecule has 34 heavy (non-hydrogen) atoms. The molecule has 4 nitrogen and oxygen atoms in total. The van der Waals surface area contributed by atoms with Gasteiger partial charge in [0.15, 0.2) is 0 Å². The summed E-state index contributed by atoms with van der Waals surface area (Å²) in [5, 5.41) is 9.01. The third-order valence-electron chi connectivity index (χ3n) is 5.31. The molecule has 0 aromatic heterocycles. The molecule has 0 unspecified atom stereocenters. The molecule has 0 saturated carbocycles. The van der Waals surface area contributed by atoms with E-state index in [0.29, 0.717) is 26.1 Å². The van der Waals surface area contributed by atoms with Crippen LogP contribution >= 0.6 is 0 Å². The van der Waals surface area contributed by atoms with Crippen molar-refractivity contribution in [3.63, 3.8) is 0 Å². The van der Waals surface area contributed by atoms with Crippen LogP contribution in [-0.4, -0.2) is 11.4 Å². The molecule has 0 aliphatic heterocycles. The number of benzene rings is 4. The van der Waals surface area contributed by atoms with Crippen molar-refractivity contribution in [2.24, 2.45) is 10.3 Å². The lowest BCUT2D eigenvalue weighted by molar-refractivity contribution is 0.129. The molecule has 0 amide bonds. The second-order valence-electron chi connectivity index (χ2n) is 7.83. The van der Waals surface area contributed by atoms with E-state index in [0.717, 1.165) is 33.7 Å². The summed E-state index contributed by atoms with van der Waals surface area (Å²) in [6.45, 7) is 0.855. The van der Waals surface area contributed by atoms with Crippen molar-refractivity contribution >= 4 is 11.4 Å². The minimum atomic E-state index is 0.428. The molecule has 170 valence electrons. The summed E-state index contributed by atoms with van der Waals surface area (Å²) in [6.07, 6.45) is 1.34. The minimum absolute atomic E-state index is 0.428. The van der Waals surface area contributed by atoms with Gasteiger partial charge in [-0.05, 0) is 35.1 Å². The molecule has 0 fully saturated rings. The van der Waals surface area contributed by atoms with E-state index in [1.165, 1.54) is 0 Å². The summed E-state index contributed by atoms with van der Waals surface area (Å²) in [5.74, 6) is 0. The second-order valence-corrected chi connectivity index (χ2v) is 7.83. The molecule has 0 heterocycles. The number of rotatable bonds is 11. The Balaban J connectivity index is 1.48. The zero-order valence-corrected chi connectivity index (χ0v) is 19.1. The fraction of sp³-hybridized carbons (Fsp3) is 0.133. The molecule has 4 aromatic rings. The lowest BCUT2D eigenvalue weighted by Crippen LogP contribution is -2.09. The van der Waals surface area contributed by atoms with Crippen molar-refractivity contribution in [3.8, 4) is 0 Å². The van der Waals surface area contributed by atoms with Crippen molar-refractivity contribution in [2.45, 2.75) is 26.1 Å². The van der Waals surface area contributed by atoms with Crippen LogP contribution in [0.5, 0.6) is 0 Å². The van der Waals surface area contributed by atoms with Crippen LogP contribution in [0.1, 0.15) is 35.1 Å². The summed E-state index contributed by atoms with van der Waals surface area (Å²) in [5.41, 5.74) is 5.99. The SMILES string of the molecule is c1ccc(CO/N=C(/CC/C(=N/OCc2ccccc2)c2ccccc2)c2ccccc2)cc1. The van der Waals surface area contributed by atoms with E-state index < -0.39 is 0 Å². The standard InChI is InChI=1S/C30H28N2O2/c1-5-13-25(14-6-1)23-33-31-29(27-17-9-3-10-18-27)21-22-30(28-19-11-4-12-20-28)32-34-24-26-15-7-2-8-16-26/h1-20H,21-24H2/b31-29-,32-30-. The fourth-order valence-electron chi connectivity index (χ4n) is 3.50. The van der Waals surface area contributed by atoms with Gasteiger partial charge in [0.05, 0.1) is 11.4 Å². The summed E-state index contributed by atoms with van der Waals surface area (Å²) >= 11 is 0. The van der Waals surface area contributed by atoms with Gasteiger partial charge in [0.1, 0.15) is 13.2 Å². The zero-order chi connectivity index (χ0) is 23.3. The monoisotopic (exact) mass is 448 g/mol. The highest BCUT2D eigenvalue weighted by Gasteiger charge is 2.10. The molecule has 0 saturated heterocycles. The highest BCUT2D eigenvalue weighted by molar-refractivity contribution is 6.06. The van der Waals surface area contributed by atoms with Crippen LogP contribution in [0.15, 0.2) is 132 Å². The van der Waals surface area contributed by atoms with E-state index in [9.17, 15) is 0 Å². The Bertz CT molecular complexity index is 1080. The maximum Gasteiger partial charge on any atom is 0.142 e. The highest BCUT2D eigenvalue weighted by Crippen LogP contribution is 2.14. The molecule has 4 rings (SSSR count). The second kappa shape index (κ2) is 12.8. The van der Waals surface area contributed by atoms with Crippen LogP contribution in [-0.2, 0) is 22.9 Å². The smallest absolute Gasteiger partial charge is 0.142 e. The molecule has 0 N–H and O–H groups in total. The first kappa shape index (κ1) is 23.0. The van der Waals surface area contributed by atoms with Crippen LogP contribution in [0.4, 0.5) is 0 Å². The Hall–Kier alpha value is -4.18. The van der Waals surface area contributed by atoms with Crippen molar-refractivity contribution in [1.82, 2.24) is 0 Å². The van der Waals surface area contributed by atoms with E-state index in [4.69, 9.17) is 9.68 Å². The van der Waals surface area contributed by atoms with Crippen molar-refractivity contribution in [3.05, 3.63) is 144 Å². The van der Waals surface area contributed by atoms with Gasteiger partial charge < -0.3 is 9.68 Å². The predicted octanol–water partition coefficient (Wildman–Crippen LogP) is 7.01. The molecule has 4 heteroatoms. The van der Waals surface area contributed by atoms with E-state index in [2.05, 4.69) is 34.6 Å². The van der Waals surface area contributed by atoms with E-state index in [-0.39, 0.29) is 0 Å². The topological polar surface area (TPSA) is 43.2 Å². The number of hydrogen-bond acceptors (Lipinski definition) is 4. The summed E-state index contributed by atoms with van der Waals surface area (Å²) < 4.78 is 0. The summed E-state index contributed by atoms with van der Waals surface area (Å²) in [7, 11) is 0. The molecule has 0 aliphatic rings. The largest absolute Gasteiger partial charge is 0.391 e. The lowest BCUT2D eigenvalue weighted by Gasteiger charge is -2.10. The Morgan fingerprint density at radius 1 is 0.441 bits per heavy atom. The molecular weight excluding hydrogens is 420 g/mol. The molecule has 0 atom stereocenters. The van der Waals surface area contributed by atoms with Gasteiger partial charge >= 0.3 is 0 Å². The number of hydrogen-bond donors (Lipinski definition) is 0. The predicted molar refractivity (Wildman–Crippen MR) is 138 cm³/mol. The fourth-order valence-corrected chi connectivity index (χ4v) is 3.50. The van der Waals surface area contributed by atoms with E-state index >= 15 is 0 Å². The van der Waals surface area contributed by atoms with Gasteiger partial charge in [-0.2, -0.15) is 0 Å². The average Bonchev–Trinajstić information content (AvgIpc) is 2.91. The van der Waals surface area contributed by atoms with Crippen molar-refractivity contribution < 1.29 is 9.68 Å². The summed E-state index contributed by atoms with van der Waals surface area (Å²) in [6, 6.07) is 40.3. The average molecular weight is 449 g/mol. The van der Waals surface area contributed by atoms with Crippen LogP contribution in [0.2, 0.25) is 0 Å². The molecule has 0 radical (unpaired) electrons. The normalized spacial score (nSPS) is 11.8. The molecule has 0 bridgehead atoms. The van der Waals surface area contributed by atoms with Gasteiger partial charge in [0, 0.05) is 0 Å². The minimum Gasteiger partial charge on any atom is -0.391 e. The first-order valence-corrected chi connectivity index (χ1v) is 11.4. The Kier molecular flexibility index (Phi) is 8.63. The van der Waals surface area contributed by atoms with Crippen LogP contribution in [0, 0.1) is 0 Å². The summed E-state index contributed by atoms with van der Waals surface area (Å²) in [4.78, 5) is 11.5. The van der Waals surface area contributed by atoms with Gasteiger partial charge in [-0.3, -0.25) is 0 Å². The van der Waals surface area contributed by atoms with Gasteiger partial charge in [-0.25, -0.2) is 0 Å². The van der Waals surface area contributed by atoms with Crippen LogP contribution in [0.3, 0.4) is 0 Å². The lowest BCUT2D eigenvalue weighted by atomic mass is 10.0. The van der Waals surface area contributed by atoms with Gasteiger partial charge in [0.2, 0.25) is 0 Å². The third kappa shape index (κ3) is 7.17. The maximum absolute atomic E-state index is 5.73. The van der Waals surface area contributed by atoms with E-state index in [1.807, 2.05) is 97.1 Å².